The van der Waals surface area contributed by atoms with Gasteiger partial charge in [-0.2, -0.15) is 13.2 Å². The van der Waals surface area contributed by atoms with E-state index in [1.807, 2.05) is 6.92 Å². The van der Waals surface area contributed by atoms with Crippen LogP contribution in [-0.2, 0) is 20.9 Å². The average Bonchev–Trinajstić information content (AvgIpc) is 3.18. The highest BCUT2D eigenvalue weighted by atomic mass is 35.5. The van der Waals surface area contributed by atoms with Gasteiger partial charge < -0.3 is 4.43 Å². The summed E-state index contributed by atoms with van der Waals surface area (Å²) in [4.78, 5) is 0.0255. The first-order valence-electron chi connectivity index (χ1n) is 9.02. The highest BCUT2D eigenvalue weighted by Gasteiger charge is 2.38. The molecule has 0 aliphatic heterocycles. The van der Waals surface area contributed by atoms with Gasteiger partial charge in [0.15, 0.2) is 0 Å². The molecule has 3 aromatic rings. The Balaban J connectivity index is 1.96. The Morgan fingerprint density at radius 2 is 1.77 bits per heavy atom. The lowest BCUT2D eigenvalue weighted by atomic mass is 10.1. The van der Waals surface area contributed by atoms with Crippen LogP contribution in [0.4, 0.5) is 13.2 Å². The lowest BCUT2D eigenvalue weighted by molar-refractivity contribution is -0.0635. The lowest BCUT2D eigenvalue weighted by Gasteiger charge is -2.18. The Labute approximate surface area is 183 Å². The topological polar surface area (TPSA) is 48.3 Å². The van der Waals surface area contributed by atoms with Crippen LogP contribution in [0, 0.1) is 6.92 Å². The van der Waals surface area contributed by atoms with Gasteiger partial charge in [0.2, 0.25) is 0 Å². The van der Waals surface area contributed by atoms with Crippen LogP contribution in [0.15, 0.2) is 41.3 Å². The second-order valence-electron chi connectivity index (χ2n) is 7.18. The molecule has 0 spiro atoms. The van der Waals surface area contributed by atoms with Gasteiger partial charge in [-0.1, -0.05) is 40.9 Å². The van der Waals surface area contributed by atoms with Gasteiger partial charge in [-0.3, -0.25) is 0 Å². The highest BCUT2D eigenvalue weighted by molar-refractivity contribution is 7.90. The summed E-state index contributed by atoms with van der Waals surface area (Å²) in [5.41, 5.74) is 2.00. The molecular formula is C19H16Cl2F3NO3SSi. The Kier molecular flexibility index (Phi) is 5.47. The molecule has 0 bridgehead atoms. The molecule has 0 radical (unpaired) electrons. The summed E-state index contributed by atoms with van der Waals surface area (Å²) in [5, 5.41) is 0.948. The van der Waals surface area contributed by atoms with Gasteiger partial charge in [-0.05, 0) is 49.6 Å². The fraction of sp³-hybridized carbons (Fsp3) is 0.263. The maximum Gasteiger partial charge on any atom is 0.382 e. The van der Waals surface area contributed by atoms with Crippen molar-refractivity contribution in [1.29, 1.82) is 0 Å². The number of nitrogens with zero attached hydrogens (tertiary/aromatic N) is 1. The average molecular weight is 494 g/mol. The van der Waals surface area contributed by atoms with Crippen molar-refractivity contribution in [2.75, 3.05) is 0 Å². The van der Waals surface area contributed by atoms with Crippen LogP contribution in [0.5, 0.6) is 0 Å². The summed E-state index contributed by atoms with van der Waals surface area (Å²) in [6.07, 6.45) is -0.303. The molecule has 0 saturated carbocycles. The van der Waals surface area contributed by atoms with Gasteiger partial charge in [0, 0.05) is 5.39 Å². The van der Waals surface area contributed by atoms with Gasteiger partial charge in [0.1, 0.15) is 0 Å². The minimum atomic E-state index is -4.39. The first-order chi connectivity index (χ1) is 14.0. The normalized spacial score (nSPS) is 17.3. The predicted molar refractivity (Wildman–Crippen MR) is 112 cm³/mol. The van der Waals surface area contributed by atoms with Crippen molar-refractivity contribution in [3.63, 3.8) is 0 Å². The number of alkyl halides is 3. The van der Waals surface area contributed by atoms with Crippen molar-refractivity contribution in [3.05, 3.63) is 63.3 Å². The van der Waals surface area contributed by atoms with E-state index in [0.717, 1.165) is 9.54 Å². The van der Waals surface area contributed by atoms with Crippen LogP contribution >= 0.6 is 23.2 Å². The smallest absolute Gasteiger partial charge is 0.382 e. The minimum Gasteiger partial charge on any atom is -0.405 e. The predicted octanol–water partition coefficient (Wildman–Crippen LogP) is 5.10. The van der Waals surface area contributed by atoms with E-state index in [4.69, 9.17) is 27.6 Å². The van der Waals surface area contributed by atoms with Gasteiger partial charge in [0.05, 0.1) is 32.3 Å². The van der Waals surface area contributed by atoms with E-state index in [1.54, 1.807) is 18.2 Å². The Morgan fingerprint density at radius 1 is 1.13 bits per heavy atom. The number of aromatic nitrogens is 1. The molecule has 4 nitrogen and oxygen atoms in total. The number of aryl methyl sites for hydroxylation is 2. The van der Waals surface area contributed by atoms with Crippen LogP contribution in [0.1, 0.15) is 29.3 Å². The van der Waals surface area contributed by atoms with E-state index in [0.29, 0.717) is 17.4 Å². The second kappa shape index (κ2) is 7.56. The molecule has 0 saturated heterocycles. The largest absolute Gasteiger partial charge is 0.405 e. The summed E-state index contributed by atoms with van der Waals surface area (Å²) in [6.45, 7) is 1.83. The molecule has 1 aromatic heterocycles. The third kappa shape index (κ3) is 3.77. The molecule has 0 amide bonds. The molecule has 1 unspecified atom stereocenters. The maximum absolute atomic E-state index is 13.5. The zero-order chi connectivity index (χ0) is 21.8. The molecule has 4 rings (SSSR count). The van der Waals surface area contributed by atoms with Crippen molar-refractivity contribution >= 4 is 53.9 Å². The summed E-state index contributed by atoms with van der Waals surface area (Å²) in [6, 6.07) is 9.25. The molecule has 0 N–H and O–H groups in total. The highest BCUT2D eigenvalue weighted by Crippen LogP contribution is 2.44. The van der Waals surface area contributed by atoms with E-state index in [9.17, 15) is 21.6 Å². The summed E-state index contributed by atoms with van der Waals surface area (Å²) in [7, 11) is -6.97. The van der Waals surface area contributed by atoms with Crippen molar-refractivity contribution in [1.82, 2.24) is 3.97 Å². The Morgan fingerprint density at radius 3 is 2.40 bits per heavy atom. The Hall–Kier alpha value is -1.52. The fourth-order valence-electron chi connectivity index (χ4n) is 3.77. The van der Waals surface area contributed by atoms with Crippen molar-refractivity contribution in [2.45, 2.75) is 36.6 Å². The van der Waals surface area contributed by atoms with E-state index < -0.39 is 31.7 Å². The molecule has 1 heterocycles. The molecule has 2 aromatic carbocycles. The monoisotopic (exact) mass is 493 g/mol. The maximum atomic E-state index is 13.5. The third-order valence-corrected chi connectivity index (χ3v) is 8.44. The number of hydrogen-bond acceptors (Lipinski definition) is 3. The second-order valence-corrected chi connectivity index (χ2v) is 11.2. The SMILES string of the molecule is Cc1ccc(S(=O)(=O)n2c3c(c4cc(Cl)c(Cl)cc42)CCC3O[SiH2]C(F)(F)F)cc1. The fourth-order valence-corrected chi connectivity index (χ4v) is 6.39. The van der Waals surface area contributed by atoms with Crippen LogP contribution in [0.25, 0.3) is 10.9 Å². The van der Waals surface area contributed by atoms with Crippen molar-refractivity contribution in [2.24, 2.45) is 0 Å². The van der Waals surface area contributed by atoms with Crippen LogP contribution in [-0.4, -0.2) is 28.0 Å². The standard InChI is InChI=1S/C19H16Cl2F3NO3SSi/c1-10-2-4-11(5-3-10)29(26,27)25-16-9-15(21)14(20)8-13(16)12-6-7-17(18(12)25)28-30-19(22,23)24/h2-5,8-9,17H,6-7,30H2,1H3. The van der Waals surface area contributed by atoms with E-state index >= 15 is 0 Å². The van der Waals surface area contributed by atoms with Gasteiger partial charge in [-0.25, -0.2) is 12.4 Å². The Bertz CT molecular complexity index is 1240. The molecule has 1 atom stereocenters. The first-order valence-corrected chi connectivity index (χ1v) is 12.5. The van der Waals surface area contributed by atoms with Crippen molar-refractivity contribution in [3.8, 4) is 0 Å². The molecule has 30 heavy (non-hydrogen) atoms. The number of fused-ring (bicyclic) bond motifs is 3. The van der Waals surface area contributed by atoms with Crippen LogP contribution < -0.4 is 0 Å². The number of halogens is 5. The van der Waals surface area contributed by atoms with Crippen molar-refractivity contribution < 1.29 is 26.0 Å². The molecule has 1 aliphatic rings. The summed E-state index contributed by atoms with van der Waals surface area (Å²) >= 11 is 12.3. The molecular weight excluding hydrogens is 478 g/mol. The number of benzene rings is 2. The minimum absolute atomic E-state index is 0.0255. The number of rotatable bonds is 4. The van der Waals surface area contributed by atoms with Gasteiger partial charge >= 0.3 is 5.80 Å². The lowest BCUT2D eigenvalue weighted by Crippen LogP contribution is -2.25. The quantitative estimate of drug-likeness (QED) is 0.475. The molecule has 1 aliphatic carbocycles. The van der Waals surface area contributed by atoms with E-state index in [-0.39, 0.29) is 32.6 Å². The molecule has 0 fully saturated rings. The third-order valence-electron chi connectivity index (χ3n) is 5.08. The zero-order valence-electron chi connectivity index (χ0n) is 15.6. The van der Waals surface area contributed by atoms with E-state index in [1.165, 1.54) is 18.2 Å². The van der Waals surface area contributed by atoms with Crippen LogP contribution in [0.3, 0.4) is 0 Å². The first kappa shape index (κ1) is 21.7. The molecule has 11 heteroatoms. The summed E-state index contributed by atoms with van der Waals surface area (Å²) in [5.74, 6) is -4.39. The van der Waals surface area contributed by atoms with Gasteiger partial charge in [-0.15, -0.1) is 0 Å². The van der Waals surface area contributed by atoms with Gasteiger partial charge in [0.25, 0.3) is 19.8 Å². The zero-order valence-corrected chi connectivity index (χ0v) is 19.4. The molecule has 160 valence electrons. The van der Waals surface area contributed by atoms with Crippen LogP contribution in [0.2, 0.25) is 10.0 Å². The number of hydrogen-bond donors (Lipinski definition) is 0. The summed E-state index contributed by atoms with van der Waals surface area (Å²) < 4.78 is 71.8. The van der Waals surface area contributed by atoms with E-state index in [2.05, 4.69) is 0 Å².